The molecule has 126 valence electrons. The first-order valence-electron chi connectivity index (χ1n) is 6.86. The zero-order valence-electron chi connectivity index (χ0n) is 13.1. The SMILES string of the molecule is COCN(C1NOC(C)=C1C)S(=O)(=O)c1ccccc1B(O)O. The summed E-state index contributed by atoms with van der Waals surface area (Å²) in [5, 5.41) is 18.9. The van der Waals surface area contributed by atoms with Gasteiger partial charge >= 0.3 is 7.12 Å². The molecular formula is C13H19BN2O6S. The fourth-order valence-electron chi connectivity index (χ4n) is 2.25. The Morgan fingerprint density at radius 3 is 2.52 bits per heavy atom. The minimum atomic E-state index is -4.07. The lowest BCUT2D eigenvalue weighted by atomic mass is 9.80. The van der Waals surface area contributed by atoms with Crippen molar-refractivity contribution >= 4 is 22.6 Å². The lowest BCUT2D eigenvalue weighted by Gasteiger charge is -2.27. The van der Waals surface area contributed by atoms with E-state index in [0.29, 0.717) is 11.3 Å². The highest BCUT2D eigenvalue weighted by atomic mass is 32.2. The largest absolute Gasteiger partial charge is 0.489 e. The van der Waals surface area contributed by atoms with E-state index in [0.717, 1.165) is 4.31 Å². The molecule has 0 aromatic heterocycles. The van der Waals surface area contributed by atoms with Crippen LogP contribution in [-0.4, -0.2) is 49.9 Å². The number of hydrogen-bond donors (Lipinski definition) is 3. The summed E-state index contributed by atoms with van der Waals surface area (Å²) in [4.78, 5) is 4.98. The van der Waals surface area contributed by atoms with Gasteiger partial charge in [-0.3, -0.25) is 0 Å². The molecule has 23 heavy (non-hydrogen) atoms. The number of nitrogens with zero attached hydrogens (tertiary/aromatic N) is 1. The van der Waals surface area contributed by atoms with Crippen molar-refractivity contribution < 1.29 is 28.0 Å². The Bertz CT molecular complexity index is 706. The summed E-state index contributed by atoms with van der Waals surface area (Å²) < 4.78 is 32.1. The fourth-order valence-corrected chi connectivity index (χ4v) is 3.94. The van der Waals surface area contributed by atoms with Crippen LogP contribution >= 0.6 is 0 Å². The van der Waals surface area contributed by atoms with Gasteiger partial charge in [-0.05, 0) is 19.9 Å². The molecule has 1 aliphatic heterocycles. The Hall–Kier alpha value is -1.43. The van der Waals surface area contributed by atoms with Crippen LogP contribution in [0.1, 0.15) is 13.8 Å². The van der Waals surface area contributed by atoms with Gasteiger partial charge in [-0.2, -0.15) is 0 Å². The van der Waals surface area contributed by atoms with E-state index in [1.165, 1.54) is 31.4 Å². The number of ether oxygens (including phenoxy) is 1. The first-order chi connectivity index (χ1) is 10.8. The number of nitrogens with one attached hydrogen (secondary N) is 1. The van der Waals surface area contributed by atoms with Gasteiger partial charge in [0.2, 0.25) is 10.0 Å². The molecule has 1 aromatic carbocycles. The van der Waals surface area contributed by atoms with Crippen molar-refractivity contribution in [3.05, 3.63) is 35.6 Å². The monoisotopic (exact) mass is 342 g/mol. The molecule has 10 heteroatoms. The number of hydroxylamine groups is 1. The average Bonchev–Trinajstić information content (AvgIpc) is 2.84. The van der Waals surface area contributed by atoms with E-state index in [9.17, 15) is 18.5 Å². The number of sulfonamides is 1. The Kier molecular flexibility index (Phi) is 5.45. The maximum atomic E-state index is 13.0. The van der Waals surface area contributed by atoms with Crippen molar-refractivity contribution in [3.63, 3.8) is 0 Å². The van der Waals surface area contributed by atoms with Gasteiger partial charge in [0.1, 0.15) is 18.7 Å². The first-order valence-corrected chi connectivity index (χ1v) is 8.30. The van der Waals surface area contributed by atoms with Crippen LogP contribution in [-0.2, 0) is 19.6 Å². The molecule has 3 N–H and O–H groups in total. The molecule has 0 aliphatic carbocycles. The van der Waals surface area contributed by atoms with Crippen molar-refractivity contribution in [2.24, 2.45) is 0 Å². The van der Waals surface area contributed by atoms with Crippen LogP contribution in [0.5, 0.6) is 0 Å². The van der Waals surface area contributed by atoms with Crippen LogP contribution in [0.2, 0.25) is 0 Å². The minimum absolute atomic E-state index is 0.106. The summed E-state index contributed by atoms with van der Waals surface area (Å²) in [5.74, 6) is 0.571. The number of hydrogen-bond acceptors (Lipinski definition) is 7. The number of allylic oxidation sites excluding steroid dienone is 1. The summed E-state index contributed by atoms with van der Waals surface area (Å²) in [5.41, 5.74) is 3.22. The van der Waals surface area contributed by atoms with Gasteiger partial charge in [0.05, 0.1) is 4.90 Å². The minimum Gasteiger partial charge on any atom is -0.423 e. The predicted octanol–water partition coefficient (Wildman–Crippen LogP) is -0.884. The normalized spacial score (nSPS) is 18.4. The van der Waals surface area contributed by atoms with Gasteiger partial charge in [0.25, 0.3) is 0 Å². The molecule has 8 nitrogen and oxygen atoms in total. The van der Waals surface area contributed by atoms with Crippen molar-refractivity contribution in [2.45, 2.75) is 24.9 Å². The molecule has 0 spiro atoms. The lowest BCUT2D eigenvalue weighted by Crippen LogP contribution is -2.49. The van der Waals surface area contributed by atoms with Gasteiger partial charge < -0.3 is 19.6 Å². The maximum Gasteiger partial charge on any atom is 0.489 e. The van der Waals surface area contributed by atoms with Crippen LogP contribution in [0, 0.1) is 0 Å². The van der Waals surface area contributed by atoms with E-state index < -0.39 is 23.3 Å². The Balaban J connectivity index is 2.51. The average molecular weight is 342 g/mol. The summed E-state index contributed by atoms with van der Waals surface area (Å²) in [6.07, 6.45) is -0.746. The van der Waals surface area contributed by atoms with E-state index in [1.807, 2.05) is 0 Å². The third-order valence-corrected chi connectivity index (χ3v) is 5.48. The molecule has 0 fully saturated rings. The van der Waals surface area contributed by atoms with E-state index in [-0.39, 0.29) is 17.1 Å². The molecule has 2 rings (SSSR count). The molecule has 1 unspecified atom stereocenters. The number of rotatable bonds is 6. The molecule has 1 aliphatic rings. The highest BCUT2D eigenvalue weighted by Gasteiger charge is 2.38. The molecule has 0 saturated carbocycles. The molecule has 0 amide bonds. The van der Waals surface area contributed by atoms with Crippen LogP contribution in [0.25, 0.3) is 0 Å². The molecule has 0 bridgehead atoms. The quantitative estimate of drug-likeness (QED) is 0.455. The van der Waals surface area contributed by atoms with Crippen LogP contribution in [0.4, 0.5) is 0 Å². The van der Waals surface area contributed by atoms with Crippen LogP contribution in [0.15, 0.2) is 40.5 Å². The van der Waals surface area contributed by atoms with Crippen molar-refractivity contribution in [1.29, 1.82) is 0 Å². The third-order valence-electron chi connectivity index (χ3n) is 3.62. The van der Waals surface area contributed by atoms with E-state index in [2.05, 4.69) is 5.48 Å². The van der Waals surface area contributed by atoms with E-state index in [4.69, 9.17) is 9.57 Å². The molecule has 0 radical (unpaired) electrons. The van der Waals surface area contributed by atoms with E-state index in [1.54, 1.807) is 13.8 Å². The Morgan fingerprint density at radius 2 is 2.00 bits per heavy atom. The second-order valence-corrected chi connectivity index (χ2v) is 6.94. The molecule has 1 aromatic rings. The zero-order valence-corrected chi connectivity index (χ0v) is 13.9. The van der Waals surface area contributed by atoms with Gasteiger partial charge in [0.15, 0.2) is 0 Å². The highest BCUT2D eigenvalue weighted by molar-refractivity contribution is 7.89. The summed E-state index contributed by atoms with van der Waals surface area (Å²) in [7, 11) is -4.60. The second-order valence-electron chi connectivity index (χ2n) is 5.08. The second kappa shape index (κ2) is 6.99. The summed E-state index contributed by atoms with van der Waals surface area (Å²) in [6.45, 7) is 3.22. The van der Waals surface area contributed by atoms with Gasteiger partial charge in [-0.15, -0.1) is 9.79 Å². The number of methoxy groups -OCH3 is 1. The number of benzene rings is 1. The predicted molar refractivity (Wildman–Crippen MR) is 83.6 cm³/mol. The first kappa shape index (κ1) is 17.9. The maximum absolute atomic E-state index is 13.0. The van der Waals surface area contributed by atoms with Gasteiger partial charge in [0, 0.05) is 18.1 Å². The van der Waals surface area contributed by atoms with Gasteiger partial charge in [-0.25, -0.2) is 8.42 Å². The highest BCUT2D eigenvalue weighted by Crippen LogP contribution is 2.25. The molecule has 0 saturated heterocycles. The fraction of sp³-hybridized carbons (Fsp3) is 0.385. The topological polar surface area (TPSA) is 108 Å². The van der Waals surface area contributed by atoms with Crippen LogP contribution < -0.4 is 10.9 Å². The standard InChI is InChI=1S/C13H19BN2O6S/c1-9-10(2)22-15-13(9)16(8-21-3)23(19,20)12-7-5-4-6-11(12)14(17)18/h4-7,13,15,17-18H,8H2,1-3H3. The Labute approximate surface area is 135 Å². The zero-order chi connectivity index (χ0) is 17.2. The van der Waals surface area contributed by atoms with Crippen molar-refractivity contribution in [1.82, 2.24) is 9.79 Å². The summed E-state index contributed by atoms with van der Waals surface area (Å²) >= 11 is 0. The molecule has 1 heterocycles. The van der Waals surface area contributed by atoms with Crippen molar-refractivity contribution in [3.8, 4) is 0 Å². The van der Waals surface area contributed by atoms with Crippen molar-refractivity contribution in [2.75, 3.05) is 13.8 Å². The lowest BCUT2D eigenvalue weighted by molar-refractivity contribution is 0.0395. The smallest absolute Gasteiger partial charge is 0.423 e. The summed E-state index contributed by atoms with van der Waals surface area (Å²) in [6, 6.07) is 5.69. The van der Waals surface area contributed by atoms with Crippen LogP contribution in [0.3, 0.4) is 0 Å². The third kappa shape index (κ3) is 3.42. The Morgan fingerprint density at radius 1 is 1.35 bits per heavy atom. The molecule has 1 atom stereocenters. The van der Waals surface area contributed by atoms with Gasteiger partial charge in [-0.1, -0.05) is 18.2 Å². The molecular weight excluding hydrogens is 323 g/mol. The van der Waals surface area contributed by atoms with E-state index >= 15 is 0 Å².